The van der Waals surface area contributed by atoms with Crippen molar-refractivity contribution in [2.45, 2.75) is 19.9 Å². The molecule has 7 nitrogen and oxygen atoms in total. The maximum absolute atomic E-state index is 12.5. The SMILES string of the molecule is Cc1cccc(C(=O)NC(C)C(=O)NCC(=O)N2CCN(c3cccc(Cl)c3)CC2)c1. The summed E-state index contributed by atoms with van der Waals surface area (Å²) in [7, 11) is 0. The van der Waals surface area contributed by atoms with Crippen LogP contribution in [0.25, 0.3) is 0 Å². The lowest BCUT2D eigenvalue weighted by atomic mass is 10.1. The highest BCUT2D eigenvalue weighted by Crippen LogP contribution is 2.20. The van der Waals surface area contributed by atoms with Crippen molar-refractivity contribution >= 4 is 35.0 Å². The standard InChI is InChI=1S/C23H27ClN4O3/c1-16-5-3-6-18(13-16)23(31)26-17(2)22(30)25-15-21(29)28-11-9-27(10-12-28)20-8-4-7-19(24)14-20/h3-8,13-14,17H,9-12,15H2,1-2H3,(H,25,30)(H,26,31). The van der Waals surface area contributed by atoms with Gasteiger partial charge in [0.25, 0.3) is 5.91 Å². The quantitative estimate of drug-likeness (QED) is 0.718. The Balaban J connectivity index is 1.43. The average Bonchev–Trinajstić information content (AvgIpc) is 2.77. The van der Waals surface area contributed by atoms with Gasteiger partial charge in [0, 0.05) is 42.5 Å². The van der Waals surface area contributed by atoms with Crippen LogP contribution in [-0.4, -0.2) is 61.4 Å². The van der Waals surface area contributed by atoms with Crippen LogP contribution in [0.2, 0.25) is 5.02 Å². The number of halogens is 1. The largest absolute Gasteiger partial charge is 0.368 e. The number of hydrogen-bond donors (Lipinski definition) is 2. The minimum absolute atomic E-state index is 0.0966. The summed E-state index contributed by atoms with van der Waals surface area (Å²) in [5.74, 6) is -0.863. The van der Waals surface area contributed by atoms with E-state index in [0.717, 1.165) is 11.3 Å². The monoisotopic (exact) mass is 442 g/mol. The molecular weight excluding hydrogens is 416 g/mol. The summed E-state index contributed by atoms with van der Waals surface area (Å²) in [5, 5.41) is 5.97. The summed E-state index contributed by atoms with van der Waals surface area (Å²) < 4.78 is 0. The summed E-state index contributed by atoms with van der Waals surface area (Å²) in [4.78, 5) is 41.0. The Kier molecular flexibility index (Phi) is 7.52. The molecule has 1 aliphatic heterocycles. The van der Waals surface area contributed by atoms with Crippen LogP contribution in [0.5, 0.6) is 0 Å². The molecule has 8 heteroatoms. The van der Waals surface area contributed by atoms with Crippen molar-refractivity contribution in [2.75, 3.05) is 37.6 Å². The van der Waals surface area contributed by atoms with Crippen molar-refractivity contribution in [3.63, 3.8) is 0 Å². The highest BCUT2D eigenvalue weighted by molar-refractivity contribution is 6.30. The molecule has 0 bridgehead atoms. The topological polar surface area (TPSA) is 81.8 Å². The molecule has 0 aromatic heterocycles. The van der Waals surface area contributed by atoms with E-state index in [0.29, 0.717) is 36.8 Å². The number of carbonyl (C=O) groups is 3. The minimum Gasteiger partial charge on any atom is -0.368 e. The first-order valence-electron chi connectivity index (χ1n) is 10.3. The molecule has 1 saturated heterocycles. The molecule has 0 spiro atoms. The third-order valence-corrected chi connectivity index (χ3v) is 5.48. The van der Waals surface area contributed by atoms with Gasteiger partial charge in [0.2, 0.25) is 11.8 Å². The summed E-state index contributed by atoms with van der Waals surface area (Å²) in [6.45, 7) is 5.93. The smallest absolute Gasteiger partial charge is 0.251 e. The first-order valence-corrected chi connectivity index (χ1v) is 10.6. The zero-order chi connectivity index (χ0) is 22.4. The number of benzene rings is 2. The molecular formula is C23H27ClN4O3. The van der Waals surface area contributed by atoms with Crippen LogP contribution in [0.15, 0.2) is 48.5 Å². The number of anilines is 1. The predicted octanol–water partition coefficient (Wildman–Crippen LogP) is 2.23. The van der Waals surface area contributed by atoms with E-state index in [1.165, 1.54) is 0 Å². The van der Waals surface area contributed by atoms with Crippen molar-refractivity contribution < 1.29 is 14.4 Å². The third kappa shape index (κ3) is 6.21. The molecule has 2 aromatic carbocycles. The average molecular weight is 443 g/mol. The summed E-state index contributed by atoms with van der Waals surface area (Å²) >= 11 is 6.06. The Hall–Kier alpha value is -3.06. The van der Waals surface area contributed by atoms with Gasteiger partial charge in [-0.2, -0.15) is 0 Å². The van der Waals surface area contributed by atoms with Crippen LogP contribution >= 0.6 is 11.6 Å². The van der Waals surface area contributed by atoms with Gasteiger partial charge < -0.3 is 20.4 Å². The first kappa shape index (κ1) is 22.6. The van der Waals surface area contributed by atoms with Gasteiger partial charge in [-0.05, 0) is 44.2 Å². The van der Waals surface area contributed by atoms with Gasteiger partial charge in [-0.25, -0.2) is 0 Å². The van der Waals surface area contributed by atoms with E-state index in [1.807, 2.05) is 37.3 Å². The van der Waals surface area contributed by atoms with Crippen LogP contribution < -0.4 is 15.5 Å². The van der Waals surface area contributed by atoms with Gasteiger partial charge in [0.05, 0.1) is 6.54 Å². The molecule has 164 valence electrons. The Morgan fingerprint density at radius 1 is 1.03 bits per heavy atom. The third-order valence-electron chi connectivity index (χ3n) is 5.24. The molecule has 1 aliphatic rings. The Bertz CT molecular complexity index is 957. The van der Waals surface area contributed by atoms with Crippen molar-refractivity contribution in [3.05, 3.63) is 64.7 Å². The van der Waals surface area contributed by atoms with Crippen LogP contribution in [0.4, 0.5) is 5.69 Å². The fourth-order valence-corrected chi connectivity index (χ4v) is 3.63. The zero-order valence-corrected chi connectivity index (χ0v) is 18.5. The van der Waals surface area contributed by atoms with Crippen molar-refractivity contribution in [2.24, 2.45) is 0 Å². The summed E-state index contributed by atoms with van der Waals surface area (Å²) in [6.07, 6.45) is 0. The van der Waals surface area contributed by atoms with Crippen LogP contribution in [0.3, 0.4) is 0 Å². The van der Waals surface area contributed by atoms with E-state index in [-0.39, 0.29) is 18.4 Å². The lowest BCUT2D eigenvalue weighted by Gasteiger charge is -2.36. The maximum atomic E-state index is 12.5. The van der Waals surface area contributed by atoms with Gasteiger partial charge in [-0.3, -0.25) is 14.4 Å². The maximum Gasteiger partial charge on any atom is 0.251 e. The van der Waals surface area contributed by atoms with E-state index >= 15 is 0 Å². The molecule has 2 N–H and O–H groups in total. The molecule has 3 amide bonds. The van der Waals surface area contributed by atoms with Crippen molar-refractivity contribution in [1.82, 2.24) is 15.5 Å². The number of carbonyl (C=O) groups excluding carboxylic acids is 3. The number of hydrogen-bond acceptors (Lipinski definition) is 4. The van der Waals surface area contributed by atoms with Crippen LogP contribution in [-0.2, 0) is 9.59 Å². The second-order valence-electron chi connectivity index (χ2n) is 7.63. The van der Waals surface area contributed by atoms with Gasteiger partial charge in [-0.1, -0.05) is 35.4 Å². The molecule has 3 rings (SSSR count). The van der Waals surface area contributed by atoms with E-state index in [1.54, 1.807) is 30.0 Å². The number of rotatable bonds is 6. The fourth-order valence-electron chi connectivity index (χ4n) is 3.45. The van der Waals surface area contributed by atoms with Gasteiger partial charge in [0.15, 0.2) is 0 Å². The second kappa shape index (κ2) is 10.3. The van der Waals surface area contributed by atoms with Crippen molar-refractivity contribution in [1.29, 1.82) is 0 Å². The van der Waals surface area contributed by atoms with E-state index in [4.69, 9.17) is 11.6 Å². The Morgan fingerprint density at radius 2 is 1.74 bits per heavy atom. The Morgan fingerprint density at radius 3 is 2.42 bits per heavy atom. The van der Waals surface area contributed by atoms with Gasteiger partial charge in [0.1, 0.15) is 6.04 Å². The molecule has 1 heterocycles. The number of aryl methyl sites for hydroxylation is 1. The molecule has 1 unspecified atom stereocenters. The number of nitrogens with one attached hydrogen (secondary N) is 2. The van der Waals surface area contributed by atoms with E-state index in [9.17, 15) is 14.4 Å². The predicted molar refractivity (Wildman–Crippen MR) is 121 cm³/mol. The fraction of sp³-hybridized carbons (Fsp3) is 0.348. The summed E-state index contributed by atoms with van der Waals surface area (Å²) in [5.41, 5.74) is 2.49. The van der Waals surface area contributed by atoms with Crippen LogP contribution in [0, 0.1) is 6.92 Å². The van der Waals surface area contributed by atoms with Gasteiger partial charge in [-0.15, -0.1) is 0 Å². The Labute approximate surface area is 187 Å². The zero-order valence-electron chi connectivity index (χ0n) is 17.7. The molecule has 1 fully saturated rings. The molecule has 1 atom stereocenters. The molecule has 2 aromatic rings. The normalized spacial score (nSPS) is 14.7. The first-order chi connectivity index (χ1) is 14.8. The number of piperazine rings is 1. The number of nitrogens with zero attached hydrogens (tertiary/aromatic N) is 2. The van der Waals surface area contributed by atoms with Gasteiger partial charge >= 0.3 is 0 Å². The lowest BCUT2D eigenvalue weighted by molar-refractivity contribution is -0.133. The highest BCUT2D eigenvalue weighted by atomic mass is 35.5. The molecule has 0 aliphatic carbocycles. The van der Waals surface area contributed by atoms with E-state index in [2.05, 4.69) is 15.5 Å². The minimum atomic E-state index is -0.750. The summed E-state index contributed by atoms with van der Waals surface area (Å²) in [6, 6.07) is 14.0. The van der Waals surface area contributed by atoms with Crippen LogP contribution in [0.1, 0.15) is 22.8 Å². The van der Waals surface area contributed by atoms with E-state index < -0.39 is 11.9 Å². The van der Waals surface area contributed by atoms with Crippen molar-refractivity contribution in [3.8, 4) is 0 Å². The number of amides is 3. The second-order valence-corrected chi connectivity index (χ2v) is 8.07. The molecule has 31 heavy (non-hydrogen) atoms. The highest BCUT2D eigenvalue weighted by Gasteiger charge is 2.23. The molecule has 0 saturated carbocycles. The molecule has 0 radical (unpaired) electrons. The lowest BCUT2D eigenvalue weighted by Crippen LogP contribution is -2.52.